The van der Waals surface area contributed by atoms with Crippen LogP contribution in [-0.2, 0) is 16.1 Å². The summed E-state index contributed by atoms with van der Waals surface area (Å²) in [7, 11) is 1.63. The minimum Gasteiger partial charge on any atom is -0.497 e. The molecule has 160 valence electrons. The number of ether oxygens (including phenoxy) is 2. The third-order valence-corrected chi connectivity index (χ3v) is 5.34. The molecule has 0 unspecified atom stereocenters. The molecule has 1 heterocycles. The Morgan fingerprint density at radius 2 is 1.67 bits per heavy atom. The van der Waals surface area contributed by atoms with Crippen LogP contribution in [0.1, 0.15) is 44.6 Å². The number of imide groups is 1. The van der Waals surface area contributed by atoms with Crippen molar-refractivity contribution >= 4 is 17.5 Å². The van der Waals surface area contributed by atoms with Gasteiger partial charge in [0.05, 0.1) is 25.8 Å². The highest BCUT2D eigenvalue weighted by atomic mass is 16.5. The molecule has 3 rings (SSSR count). The number of amides is 2. The van der Waals surface area contributed by atoms with Crippen molar-refractivity contribution in [2.75, 3.05) is 18.6 Å². The smallest absolute Gasteiger partial charge is 0.292 e. The fraction of sp³-hybridized carbons (Fsp3) is 0.417. The number of benzene rings is 2. The molecule has 2 N–H and O–H groups in total. The maximum Gasteiger partial charge on any atom is 0.292 e. The molecule has 1 aliphatic heterocycles. The maximum atomic E-state index is 12.8. The lowest BCUT2D eigenvalue weighted by atomic mass is 10.2. The SMILES string of the molecule is CCCCCCOc1ccc(N2C(=O)C[C@@H]([NH2+]Cc3ccc(OC)cc3)C2=O)cc1. The lowest BCUT2D eigenvalue weighted by Crippen LogP contribution is -2.90. The van der Waals surface area contributed by atoms with Crippen molar-refractivity contribution in [3.05, 3.63) is 54.1 Å². The zero-order valence-electron chi connectivity index (χ0n) is 17.8. The van der Waals surface area contributed by atoms with Gasteiger partial charge in [-0.3, -0.25) is 9.59 Å². The summed E-state index contributed by atoms with van der Waals surface area (Å²) in [5, 5.41) is 1.93. The summed E-state index contributed by atoms with van der Waals surface area (Å²) in [4.78, 5) is 26.6. The van der Waals surface area contributed by atoms with Crippen LogP contribution in [0.5, 0.6) is 11.5 Å². The van der Waals surface area contributed by atoms with E-state index in [2.05, 4.69) is 6.92 Å². The Bertz CT molecular complexity index is 833. The molecule has 0 radical (unpaired) electrons. The van der Waals surface area contributed by atoms with Gasteiger partial charge < -0.3 is 14.8 Å². The lowest BCUT2D eigenvalue weighted by molar-refractivity contribution is -0.690. The molecule has 0 aromatic heterocycles. The molecular weight excluding hydrogens is 380 g/mol. The molecule has 1 fully saturated rings. The van der Waals surface area contributed by atoms with Crippen LogP contribution in [0.4, 0.5) is 5.69 Å². The average Bonchev–Trinajstić information content (AvgIpc) is 3.06. The first kappa shape index (κ1) is 21.8. The first-order chi connectivity index (χ1) is 14.6. The highest BCUT2D eigenvalue weighted by molar-refractivity contribution is 6.21. The Balaban J connectivity index is 1.53. The molecule has 6 heteroatoms. The van der Waals surface area contributed by atoms with Gasteiger partial charge in [-0.1, -0.05) is 26.2 Å². The standard InChI is InChI=1S/C24H30N2O4/c1-3-4-5-6-15-30-21-13-9-19(10-14-21)26-23(27)16-22(24(26)28)25-17-18-7-11-20(29-2)12-8-18/h7-14,22,25H,3-6,15-17H2,1-2H3/p+1/t22-/m1/s1. The van der Waals surface area contributed by atoms with Gasteiger partial charge in [-0.25, -0.2) is 4.90 Å². The van der Waals surface area contributed by atoms with Crippen LogP contribution in [0.3, 0.4) is 0 Å². The number of anilines is 1. The molecule has 2 amide bonds. The molecule has 0 spiro atoms. The molecule has 2 aromatic rings. The summed E-state index contributed by atoms with van der Waals surface area (Å²) in [5.41, 5.74) is 1.68. The lowest BCUT2D eigenvalue weighted by Gasteiger charge is -2.15. The van der Waals surface area contributed by atoms with Crippen molar-refractivity contribution in [2.24, 2.45) is 0 Å². The number of unbranched alkanes of at least 4 members (excludes halogenated alkanes) is 3. The van der Waals surface area contributed by atoms with Crippen LogP contribution < -0.4 is 19.7 Å². The molecule has 0 bridgehead atoms. The van der Waals surface area contributed by atoms with E-state index in [1.54, 1.807) is 19.2 Å². The van der Waals surface area contributed by atoms with Crippen molar-refractivity contribution < 1.29 is 24.4 Å². The fourth-order valence-electron chi connectivity index (χ4n) is 3.56. The Morgan fingerprint density at radius 1 is 0.967 bits per heavy atom. The van der Waals surface area contributed by atoms with E-state index in [0.29, 0.717) is 18.8 Å². The van der Waals surface area contributed by atoms with E-state index in [1.165, 1.54) is 24.2 Å². The van der Waals surface area contributed by atoms with Crippen LogP contribution in [0.2, 0.25) is 0 Å². The molecule has 1 atom stereocenters. The third-order valence-electron chi connectivity index (χ3n) is 5.34. The second-order valence-corrected chi connectivity index (χ2v) is 7.57. The van der Waals surface area contributed by atoms with Gasteiger partial charge in [0, 0.05) is 5.56 Å². The summed E-state index contributed by atoms with van der Waals surface area (Å²) in [6.45, 7) is 3.50. The number of methoxy groups -OCH3 is 1. The molecule has 2 aromatic carbocycles. The minimum atomic E-state index is -0.394. The largest absolute Gasteiger partial charge is 0.497 e. The van der Waals surface area contributed by atoms with Crippen molar-refractivity contribution in [2.45, 2.75) is 51.6 Å². The third kappa shape index (κ3) is 5.60. The van der Waals surface area contributed by atoms with Crippen molar-refractivity contribution in [1.29, 1.82) is 0 Å². The summed E-state index contributed by atoms with van der Waals surface area (Å²) in [6.07, 6.45) is 4.83. The van der Waals surface area contributed by atoms with Crippen molar-refractivity contribution in [3.8, 4) is 11.5 Å². The highest BCUT2D eigenvalue weighted by Crippen LogP contribution is 2.24. The van der Waals surface area contributed by atoms with Gasteiger partial charge >= 0.3 is 0 Å². The maximum absolute atomic E-state index is 12.8. The quantitative estimate of drug-likeness (QED) is 0.456. The number of nitrogens with two attached hydrogens (primary N) is 1. The second kappa shape index (κ2) is 10.8. The number of hydrogen-bond donors (Lipinski definition) is 1. The summed E-state index contributed by atoms with van der Waals surface area (Å²) < 4.78 is 10.9. The van der Waals surface area contributed by atoms with Gasteiger partial charge in [-0.2, -0.15) is 0 Å². The minimum absolute atomic E-state index is 0.163. The number of carbonyl (C=O) groups excluding carboxylic acids is 2. The van der Waals surface area contributed by atoms with E-state index in [-0.39, 0.29) is 18.2 Å². The normalized spacial score (nSPS) is 16.2. The van der Waals surface area contributed by atoms with Crippen LogP contribution in [0.15, 0.2) is 48.5 Å². The van der Waals surface area contributed by atoms with Crippen LogP contribution in [0.25, 0.3) is 0 Å². The fourth-order valence-corrected chi connectivity index (χ4v) is 3.56. The first-order valence-electron chi connectivity index (χ1n) is 10.7. The molecule has 6 nitrogen and oxygen atoms in total. The van der Waals surface area contributed by atoms with Gasteiger partial charge in [-0.05, 0) is 55.0 Å². The number of quaternary nitrogens is 1. The average molecular weight is 412 g/mol. The van der Waals surface area contributed by atoms with E-state index in [9.17, 15) is 9.59 Å². The number of carbonyl (C=O) groups is 2. The van der Waals surface area contributed by atoms with Crippen molar-refractivity contribution in [3.63, 3.8) is 0 Å². The topological polar surface area (TPSA) is 72.4 Å². The summed E-state index contributed by atoms with van der Waals surface area (Å²) >= 11 is 0. The Kier molecular flexibility index (Phi) is 7.85. The van der Waals surface area contributed by atoms with Gasteiger partial charge in [0.2, 0.25) is 5.91 Å². The van der Waals surface area contributed by atoms with E-state index in [4.69, 9.17) is 9.47 Å². The second-order valence-electron chi connectivity index (χ2n) is 7.57. The predicted molar refractivity (Wildman–Crippen MR) is 116 cm³/mol. The predicted octanol–water partition coefficient (Wildman–Crippen LogP) is 3.05. The van der Waals surface area contributed by atoms with E-state index in [1.807, 2.05) is 41.7 Å². The van der Waals surface area contributed by atoms with Gasteiger partial charge in [0.15, 0.2) is 6.04 Å². The zero-order valence-corrected chi connectivity index (χ0v) is 17.8. The summed E-state index contributed by atoms with van der Waals surface area (Å²) in [5.74, 6) is 1.23. The first-order valence-corrected chi connectivity index (χ1v) is 10.7. The van der Waals surface area contributed by atoms with Gasteiger partial charge in [-0.15, -0.1) is 0 Å². The van der Waals surface area contributed by atoms with E-state index in [0.717, 1.165) is 23.5 Å². The molecule has 0 saturated carbocycles. The van der Waals surface area contributed by atoms with Crippen LogP contribution in [-0.4, -0.2) is 31.6 Å². The Morgan fingerprint density at radius 3 is 2.33 bits per heavy atom. The van der Waals surface area contributed by atoms with Gasteiger partial charge in [0.1, 0.15) is 18.0 Å². The molecule has 1 saturated heterocycles. The highest BCUT2D eigenvalue weighted by Gasteiger charge is 2.42. The Labute approximate surface area is 178 Å². The molecule has 0 aliphatic carbocycles. The van der Waals surface area contributed by atoms with E-state index < -0.39 is 6.04 Å². The van der Waals surface area contributed by atoms with Crippen LogP contribution in [0, 0.1) is 0 Å². The van der Waals surface area contributed by atoms with E-state index >= 15 is 0 Å². The number of hydrogen-bond acceptors (Lipinski definition) is 4. The molecular formula is C24H31N2O4+. The zero-order chi connectivity index (χ0) is 21.3. The number of rotatable bonds is 11. The monoisotopic (exact) mass is 411 g/mol. The van der Waals surface area contributed by atoms with Crippen LogP contribution >= 0.6 is 0 Å². The van der Waals surface area contributed by atoms with Crippen molar-refractivity contribution in [1.82, 2.24) is 0 Å². The number of nitrogens with zero attached hydrogens (tertiary/aromatic N) is 1. The molecule has 1 aliphatic rings. The van der Waals surface area contributed by atoms with Gasteiger partial charge in [0.25, 0.3) is 5.91 Å². The molecule has 30 heavy (non-hydrogen) atoms. The summed E-state index contributed by atoms with van der Waals surface area (Å²) in [6, 6.07) is 14.5. The Hall–Kier alpha value is -2.86.